The third-order valence-corrected chi connectivity index (χ3v) is 6.56. The van der Waals surface area contributed by atoms with E-state index >= 15 is 0 Å². The number of alkyl halides is 6. The molecule has 1 aliphatic heterocycles. The van der Waals surface area contributed by atoms with E-state index in [2.05, 4.69) is 15.8 Å². The van der Waals surface area contributed by atoms with Gasteiger partial charge in [0.2, 0.25) is 5.91 Å². The molecule has 0 spiro atoms. The average molecular weight is 572 g/mol. The van der Waals surface area contributed by atoms with E-state index < -0.39 is 58.4 Å². The van der Waals surface area contributed by atoms with Crippen LogP contribution in [0.25, 0.3) is 10.8 Å². The highest BCUT2D eigenvalue weighted by Gasteiger charge is 2.62. The van der Waals surface area contributed by atoms with Gasteiger partial charge < -0.3 is 15.5 Å². The van der Waals surface area contributed by atoms with Crippen LogP contribution in [0, 0.1) is 0 Å². The van der Waals surface area contributed by atoms with E-state index in [9.17, 15) is 35.9 Å². The zero-order valence-electron chi connectivity index (χ0n) is 20.3. The van der Waals surface area contributed by atoms with Gasteiger partial charge in [-0.15, -0.1) is 0 Å². The Morgan fingerprint density at radius 2 is 1.69 bits per heavy atom. The number of carbonyl (C=O) groups is 2. The molecule has 4 rings (SSSR count). The minimum atomic E-state index is -5.17. The summed E-state index contributed by atoms with van der Waals surface area (Å²) in [5.74, 6) is -1.03. The Labute approximate surface area is 222 Å². The predicted octanol–water partition coefficient (Wildman–Crippen LogP) is 5.96. The van der Waals surface area contributed by atoms with Crippen molar-refractivity contribution in [3.05, 3.63) is 81.9 Å². The first-order chi connectivity index (χ1) is 18.2. The van der Waals surface area contributed by atoms with Gasteiger partial charge in [-0.1, -0.05) is 47.1 Å². The van der Waals surface area contributed by atoms with Crippen molar-refractivity contribution >= 4 is 39.9 Å². The van der Waals surface area contributed by atoms with Crippen LogP contribution >= 0.6 is 11.6 Å². The highest BCUT2D eigenvalue weighted by atomic mass is 35.5. The van der Waals surface area contributed by atoms with Gasteiger partial charge in [0.1, 0.15) is 6.04 Å². The molecule has 6 nitrogen and oxygen atoms in total. The second kappa shape index (κ2) is 10.1. The summed E-state index contributed by atoms with van der Waals surface area (Å²) in [5, 5.41) is 8.75. The molecule has 0 saturated heterocycles. The van der Waals surface area contributed by atoms with Crippen LogP contribution in [0.15, 0.2) is 59.8 Å². The number of rotatable bonds is 5. The van der Waals surface area contributed by atoms with Gasteiger partial charge >= 0.3 is 12.4 Å². The molecule has 0 aromatic heterocycles. The number of benzene rings is 3. The Balaban J connectivity index is 1.76. The second-order valence-electron chi connectivity index (χ2n) is 8.87. The molecule has 2 N–H and O–H groups in total. The number of amides is 2. The molecule has 1 heterocycles. The maximum absolute atomic E-state index is 14.4. The first kappa shape index (κ1) is 28.2. The Bertz CT molecular complexity index is 1490. The zero-order chi connectivity index (χ0) is 28.8. The normalized spacial score (nSPS) is 18.3. The number of oxime groups is 1. The SMILES string of the molecule is CNC(=O)C(C)NC(=O)c1ccc(C2=NOC(c3cc(Cl)cc(C(F)(F)F)c3)(C(F)(F)F)C2)c2ccccc12. The molecule has 0 bridgehead atoms. The Hall–Kier alpha value is -3.80. The highest BCUT2D eigenvalue weighted by Crippen LogP contribution is 2.50. The van der Waals surface area contributed by atoms with Gasteiger partial charge in [-0.3, -0.25) is 9.59 Å². The van der Waals surface area contributed by atoms with Crippen molar-refractivity contribution in [2.45, 2.75) is 37.3 Å². The number of hydrogen-bond donors (Lipinski definition) is 2. The Morgan fingerprint density at radius 1 is 1.03 bits per heavy atom. The number of nitrogens with zero attached hydrogens (tertiary/aromatic N) is 1. The van der Waals surface area contributed by atoms with Crippen LogP contribution in [0.5, 0.6) is 0 Å². The van der Waals surface area contributed by atoms with E-state index in [4.69, 9.17) is 16.4 Å². The van der Waals surface area contributed by atoms with Crippen molar-refractivity contribution in [2.24, 2.45) is 5.16 Å². The lowest BCUT2D eigenvalue weighted by atomic mass is 9.84. The van der Waals surface area contributed by atoms with Crippen molar-refractivity contribution in [3.8, 4) is 0 Å². The molecule has 206 valence electrons. The Kier molecular flexibility index (Phi) is 7.28. The van der Waals surface area contributed by atoms with Crippen LogP contribution in [-0.2, 0) is 21.4 Å². The minimum absolute atomic E-state index is 0.149. The topological polar surface area (TPSA) is 79.8 Å². The summed E-state index contributed by atoms with van der Waals surface area (Å²) in [4.78, 5) is 29.6. The van der Waals surface area contributed by atoms with Crippen LogP contribution in [0.1, 0.15) is 40.4 Å². The molecule has 3 aromatic rings. The Morgan fingerprint density at radius 3 is 2.31 bits per heavy atom. The molecule has 2 atom stereocenters. The molecule has 0 fully saturated rings. The quantitative estimate of drug-likeness (QED) is 0.371. The molecule has 0 aliphatic carbocycles. The highest BCUT2D eigenvalue weighted by molar-refractivity contribution is 6.30. The third-order valence-electron chi connectivity index (χ3n) is 6.34. The molecule has 2 unspecified atom stereocenters. The number of likely N-dealkylation sites (N-methyl/N-ethyl adjacent to an activating group) is 1. The molecule has 2 amide bonds. The minimum Gasteiger partial charge on any atom is -0.374 e. The van der Waals surface area contributed by atoms with Crippen molar-refractivity contribution in [1.29, 1.82) is 0 Å². The lowest BCUT2D eigenvalue weighted by molar-refractivity contribution is -0.276. The van der Waals surface area contributed by atoms with Crippen molar-refractivity contribution in [2.75, 3.05) is 7.05 Å². The van der Waals surface area contributed by atoms with E-state index in [-0.39, 0.29) is 16.8 Å². The summed E-state index contributed by atoms with van der Waals surface area (Å²) in [7, 11) is 1.41. The van der Waals surface area contributed by atoms with Gasteiger partial charge in [0.05, 0.1) is 11.3 Å². The van der Waals surface area contributed by atoms with E-state index in [0.717, 1.165) is 6.07 Å². The smallest absolute Gasteiger partial charge is 0.374 e. The van der Waals surface area contributed by atoms with E-state index in [1.54, 1.807) is 24.3 Å². The third kappa shape index (κ3) is 5.25. The number of halogens is 7. The second-order valence-corrected chi connectivity index (χ2v) is 9.31. The van der Waals surface area contributed by atoms with Gasteiger partial charge in [-0.2, -0.15) is 26.3 Å². The maximum atomic E-state index is 14.4. The largest absolute Gasteiger partial charge is 0.435 e. The maximum Gasteiger partial charge on any atom is 0.435 e. The van der Waals surface area contributed by atoms with Crippen LogP contribution in [0.3, 0.4) is 0 Å². The summed E-state index contributed by atoms with van der Waals surface area (Å²) in [6.07, 6.45) is -11.1. The molecule has 0 saturated carbocycles. The van der Waals surface area contributed by atoms with Crippen molar-refractivity contribution < 1.29 is 40.8 Å². The number of nitrogens with one attached hydrogen (secondary N) is 2. The molecule has 1 aliphatic rings. The average Bonchev–Trinajstić information content (AvgIpc) is 3.33. The predicted molar refractivity (Wildman–Crippen MR) is 131 cm³/mol. The fourth-order valence-electron chi connectivity index (χ4n) is 4.34. The summed E-state index contributed by atoms with van der Waals surface area (Å²) in [6.45, 7) is 1.48. The van der Waals surface area contributed by atoms with E-state index in [1.807, 2.05) is 0 Å². The van der Waals surface area contributed by atoms with Crippen LogP contribution < -0.4 is 10.6 Å². The van der Waals surface area contributed by atoms with Crippen LogP contribution in [0.2, 0.25) is 5.02 Å². The zero-order valence-corrected chi connectivity index (χ0v) is 21.1. The van der Waals surface area contributed by atoms with Gasteiger partial charge in [-0.05, 0) is 42.0 Å². The summed E-state index contributed by atoms with van der Waals surface area (Å²) in [5.41, 5.74) is -5.30. The number of fused-ring (bicyclic) bond motifs is 1. The summed E-state index contributed by atoms with van der Waals surface area (Å²) >= 11 is 5.77. The molecule has 3 aromatic carbocycles. The number of hydrogen-bond acceptors (Lipinski definition) is 4. The molecule has 13 heteroatoms. The van der Waals surface area contributed by atoms with Gasteiger partial charge in [0.25, 0.3) is 11.5 Å². The first-order valence-electron chi connectivity index (χ1n) is 11.4. The lowest BCUT2D eigenvalue weighted by Crippen LogP contribution is -2.43. The standard InChI is InChI=1S/C26H20ClF6N3O3/c1-13(22(37)34-2)35-23(38)20-8-7-19(17-5-3-4-6-18(17)20)21-12-24(39-36-21,26(31,32)33)14-9-15(25(28,29)30)11-16(27)10-14/h3-11,13H,12H2,1-2H3,(H,34,37)(H,35,38). The molecular formula is C26H20ClF6N3O3. The fraction of sp³-hybridized carbons (Fsp3) is 0.269. The van der Waals surface area contributed by atoms with E-state index in [1.165, 1.54) is 26.1 Å². The van der Waals surface area contributed by atoms with Gasteiger partial charge in [0, 0.05) is 35.2 Å². The van der Waals surface area contributed by atoms with Crippen molar-refractivity contribution in [3.63, 3.8) is 0 Å². The first-order valence-corrected chi connectivity index (χ1v) is 11.8. The molecule has 0 radical (unpaired) electrons. The van der Waals surface area contributed by atoms with Gasteiger partial charge in [0.15, 0.2) is 0 Å². The summed E-state index contributed by atoms with van der Waals surface area (Å²) in [6, 6.07) is 9.84. The summed E-state index contributed by atoms with van der Waals surface area (Å²) < 4.78 is 83.4. The van der Waals surface area contributed by atoms with Crippen LogP contribution in [-0.4, -0.2) is 36.8 Å². The molecule has 39 heavy (non-hydrogen) atoms. The number of carbonyl (C=O) groups excluding carboxylic acids is 2. The molecular weight excluding hydrogens is 552 g/mol. The lowest BCUT2D eigenvalue weighted by Gasteiger charge is -2.30. The van der Waals surface area contributed by atoms with Gasteiger partial charge in [-0.25, -0.2) is 0 Å². The van der Waals surface area contributed by atoms with Crippen molar-refractivity contribution in [1.82, 2.24) is 10.6 Å². The monoisotopic (exact) mass is 571 g/mol. The fourth-order valence-corrected chi connectivity index (χ4v) is 4.57. The van der Waals surface area contributed by atoms with E-state index in [0.29, 0.717) is 22.9 Å². The van der Waals surface area contributed by atoms with Crippen LogP contribution in [0.4, 0.5) is 26.3 Å².